The van der Waals surface area contributed by atoms with Gasteiger partial charge in [-0.25, -0.2) is 4.79 Å². The molecule has 106 valence electrons. The van der Waals surface area contributed by atoms with Gasteiger partial charge in [0.2, 0.25) is 10.9 Å². The van der Waals surface area contributed by atoms with E-state index in [0.717, 1.165) is 12.1 Å². The van der Waals surface area contributed by atoms with E-state index in [0.29, 0.717) is 14.6 Å². The van der Waals surface area contributed by atoms with Crippen LogP contribution in [-0.4, -0.2) is 19.5 Å². The molecule has 0 spiro atoms. The lowest BCUT2D eigenvalue weighted by Gasteiger charge is -2.08. The maximum absolute atomic E-state index is 12.1. The molecule has 20 heavy (non-hydrogen) atoms. The molecule has 0 aliphatic rings. The average Bonchev–Trinajstić information content (AvgIpc) is 2.84. The maximum atomic E-state index is 12.1. The minimum Gasteiger partial charge on any atom is -0.475 e. The summed E-state index contributed by atoms with van der Waals surface area (Å²) in [6.07, 6.45) is 0. The number of hydrogen-bond donors (Lipinski definition) is 2. The van der Waals surface area contributed by atoms with E-state index in [9.17, 15) is 13.2 Å². The Morgan fingerprint density at radius 2 is 1.90 bits per heavy atom. The summed E-state index contributed by atoms with van der Waals surface area (Å²) in [7, 11) is -4.00. The van der Waals surface area contributed by atoms with Gasteiger partial charge in [0, 0.05) is 8.95 Å². The number of carbonyl (C=O) groups is 1. The van der Waals surface area contributed by atoms with E-state index in [1.54, 1.807) is 18.2 Å². The molecule has 0 amide bonds. The molecule has 2 aromatic rings. The van der Waals surface area contributed by atoms with Crippen LogP contribution in [0.2, 0.25) is 0 Å². The van der Waals surface area contributed by atoms with Crippen LogP contribution in [0.15, 0.2) is 48.8 Å². The number of nitrogens with one attached hydrogen (secondary N) is 1. The van der Waals surface area contributed by atoms with Gasteiger partial charge in [-0.1, -0.05) is 15.9 Å². The van der Waals surface area contributed by atoms with Gasteiger partial charge in [-0.15, -0.1) is 0 Å². The molecule has 0 saturated carbocycles. The molecule has 0 aliphatic carbocycles. The standard InChI is InChI=1S/C11H7Br2NO5S/c12-6-1-2-7(13)8(5-6)14-20(17,18)10-4-3-9(19-10)11(15)16/h1-5,14H,(H,15,16). The molecule has 9 heteroatoms. The highest BCUT2D eigenvalue weighted by Crippen LogP contribution is 2.28. The summed E-state index contributed by atoms with van der Waals surface area (Å²) < 4.78 is 32.4. The Kier molecular flexibility index (Phi) is 4.21. The Balaban J connectivity index is 2.35. The van der Waals surface area contributed by atoms with Crippen LogP contribution in [0.4, 0.5) is 5.69 Å². The van der Waals surface area contributed by atoms with Crippen molar-refractivity contribution < 1.29 is 22.7 Å². The van der Waals surface area contributed by atoms with Crippen molar-refractivity contribution in [2.24, 2.45) is 0 Å². The van der Waals surface area contributed by atoms with Crippen LogP contribution < -0.4 is 4.72 Å². The average molecular weight is 425 g/mol. The molecule has 0 aliphatic heterocycles. The first kappa shape index (κ1) is 15.1. The molecule has 1 heterocycles. The lowest BCUT2D eigenvalue weighted by Crippen LogP contribution is -2.12. The van der Waals surface area contributed by atoms with Crippen molar-refractivity contribution in [3.63, 3.8) is 0 Å². The van der Waals surface area contributed by atoms with E-state index in [-0.39, 0.29) is 0 Å². The van der Waals surface area contributed by atoms with Gasteiger partial charge in [-0.3, -0.25) is 4.72 Å². The highest BCUT2D eigenvalue weighted by Gasteiger charge is 2.22. The van der Waals surface area contributed by atoms with E-state index < -0.39 is 26.8 Å². The third-order valence-corrected chi connectivity index (χ3v) is 4.65. The van der Waals surface area contributed by atoms with Gasteiger partial charge in [-0.2, -0.15) is 8.42 Å². The second-order valence-electron chi connectivity index (χ2n) is 3.65. The summed E-state index contributed by atoms with van der Waals surface area (Å²) in [5.41, 5.74) is 0.299. The zero-order valence-electron chi connectivity index (χ0n) is 9.63. The molecular weight excluding hydrogens is 418 g/mol. The summed E-state index contributed by atoms with van der Waals surface area (Å²) in [6, 6.07) is 7.11. The topological polar surface area (TPSA) is 96.6 Å². The van der Waals surface area contributed by atoms with Crippen molar-refractivity contribution in [1.29, 1.82) is 0 Å². The van der Waals surface area contributed by atoms with Crippen LogP contribution in [0, 0.1) is 0 Å². The summed E-state index contributed by atoms with van der Waals surface area (Å²) in [5, 5.41) is 8.24. The number of furan rings is 1. The fourth-order valence-corrected chi connectivity index (χ4v) is 3.19. The summed E-state index contributed by atoms with van der Waals surface area (Å²) in [4.78, 5) is 10.7. The molecule has 0 atom stereocenters. The number of aromatic carboxylic acids is 1. The van der Waals surface area contributed by atoms with E-state index in [1.165, 1.54) is 0 Å². The highest BCUT2D eigenvalue weighted by molar-refractivity contribution is 9.11. The number of anilines is 1. The lowest BCUT2D eigenvalue weighted by molar-refractivity contribution is 0.0656. The second kappa shape index (κ2) is 5.58. The number of rotatable bonds is 4. The van der Waals surface area contributed by atoms with Crippen molar-refractivity contribution >= 4 is 53.5 Å². The number of carboxylic acids is 1. The third kappa shape index (κ3) is 3.22. The van der Waals surface area contributed by atoms with Crippen molar-refractivity contribution in [3.05, 3.63) is 45.0 Å². The van der Waals surface area contributed by atoms with Crippen LogP contribution >= 0.6 is 31.9 Å². The molecular formula is C11H7Br2NO5S. The fourth-order valence-electron chi connectivity index (χ4n) is 1.35. The van der Waals surface area contributed by atoms with Crippen molar-refractivity contribution in [1.82, 2.24) is 0 Å². The largest absolute Gasteiger partial charge is 0.475 e. The van der Waals surface area contributed by atoms with Crippen molar-refractivity contribution in [2.45, 2.75) is 5.09 Å². The van der Waals surface area contributed by atoms with Gasteiger partial charge in [0.25, 0.3) is 10.0 Å². The van der Waals surface area contributed by atoms with Gasteiger partial charge < -0.3 is 9.52 Å². The first-order valence-corrected chi connectivity index (χ1v) is 8.17. The van der Waals surface area contributed by atoms with Gasteiger partial charge >= 0.3 is 5.97 Å². The predicted molar refractivity (Wildman–Crippen MR) is 78.3 cm³/mol. The van der Waals surface area contributed by atoms with Gasteiger partial charge in [0.1, 0.15) is 0 Å². The minimum absolute atomic E-state index is 0.299. The quantitative estimate of drug-likeness (QED) is 0.784. The molecule has 0 unspecified atom stereocenters. The summed E-state index contributed by atoms with van der Waals surface area (Å²) in [5.74, 6) is -1.78. The zero-order valence-corrected chi connectivity index (χ0v) is 13.6. The van der Waals surface area contributed by atoms with E-state index >= 15 is 0 Å². The van der Waals surface area contributed by atoms with Gasteiger partial charge in [0.05, 0.1) is 5.69 Å². The van der Waals surface area contributed by atoms with Crippen LogP contribution in [0.1, 0.15) is 10.6 Å². The van der Waals surface area contributed by atoms with Crippen molar-refractivity contribution in [3.8, 4) is 0 Å². The summed E-state index contributed by atoms with van der Waals surface area (Å²) >= 11 is 6.44. The van der Waals surface area contributed by atoms with E-state index in [1.807, 2.05) is 0 Å². The van der Waals surface area contributed by atoms with E-state index in [4.69, 9.17) is 9.52 Å². The number of sulfonamides is 1. The molecule has 1 aromatic heterocycles. The Morgan fingerprint density at radius 3 is 2.50 bits per heavy atom. The number of benzene rings is 1. The maximum Gasteiger partial charge on any atom is 0.371 e. The summed E-state index contributed by atoms with van der Waals surface area (Å²) in [6.45, 7) is 0. The minimum atomic E-state index is -4.00. The Morgan fingerprint density at radius 1 is 1.20 bits per heavy atom. The molecule has 6 nitrogen and oxygen atoms in total. The van der Waals surface area contributed by atoms with Crippen LogP contribution in [0.5, 0.6) is 0 Å². The predicted octanol–water partition coefficient (Wildman–Crippen LogP) is 3.30. The molecule has 0 saturated heterocycles. The Hall–Kier alpha value is -1.32. The number of carboxylic acid groups (broad SMARTS) is 1. The molecule has 1 aromatic carbocycles. The van der Waals surface area contributed by atoms with Gasteiger partial charge in [0.15, 0.2) is 0 Å². The molecule has 0 radical (unpaired) electrons. The van der Waals surface area contributed by atoms with Crippen LogP contribution in [0.25, 0.3) is 0 Å². The van der Waals surface area contributed by atoms with Crippen LogP contribution in [-0.2, 0) is 10.0 Å². The fraction of sp³-hybridized carbons (Fsp3) is 0. The smallest absolute Gasteiger partial charge is 0.371 e. The second-order valence-corrected chi connectivity index (χ2v) is 7.04. The molecule has 0 fully saturated rings. The zero-order chi connectivity index (χ0) is 14.9. The Labute approximate surface area is 131 Å². The molecule has 2 N–H and O–H groups in total. The first-order chi connectivity index (χ1) is 9.29. The normalized spacial score (nSPS) is 11.3. The number of halogens is 2. The van der Waals surface area contributed by atoms with Crippen LogP contribution in [0.3, 0.4) is 0 Å². The van der Waals surface area contributed by atoms with E-state index in [2.05, 4.69) is 36.6 Å². The SMILES string of the molecule is O=C(O)c1ccc(S(=O)(=O)Nc2cc(Br)ccc2Br)o1. The first-order valence-electron chi connectivity index (χ1n) is 5.10. The molecule has 0 bridgehead atoms. The van der Waals surface area contributed by atoms with Gasteiger partial charge in [-0.05, 0) is 46.3 Å². The Bertz CT molecular complexity index is 769. The third-order valence-electron chi connectivity index (χ3n) is 2.23. The van der Waals surface area contributed by atoms with Crippen molar-refractivity contribution in [2.75, 3.05) is 4.72 Å². The monoisotopic (exact) mass is 423 g/mol. The number of hydrogen-bond acceptors (Lipinski definition) is 4. The lowest BCUT2D eigenvalue weighted by atomic mass is 10.3. The molecule has 2 rings (SSSR count). The highest BCUT2D eigenvalue weighted by atomic mass is 79.9.